The molecule has 2 atom stereocenters. The molecule has 2 aromatic carbocycles. The summed E-state index contributed by atoms with van der Waals surface area (Å²) in [5.74, 6) is 0.963. The second-order valence-electron chi connectivity index (χ2n) is 10.6. The molecule has 4 heterocycles. The van der Waals surface area contributed by atoms with Crippen molar-refractivity contribution in [3.05, 3.63) is 52.7 Å². The molecule has 0 aliphatic carbocycles. The summed E-state index contributed by atoms with van der Waals surface area (Å²) in [4.78, 5) is 17.0. The Labute approximate surface area is 229 Å². The molecule has 1 N–H and O–H groups in total. The van der Waals surface area contributed by atoms with Crippen LogP contribution >= 0.6 is 11.6 Å². The maximum Gasteiger partial charge on any atom is 0.318 e. The van der Waals surface area contributed by atoms with E-state index < -0.39 is 0 Å². The molecule has 2 saturated heterocycles. The lowest BCUT2D eigenvalue weighted by Gasteiger charge is -2.37. The molecule has 3 aliphatic heterocycles. The summed E-state index contributed by atoms with van der Waals surface area (Å²) in [6.07, 6.45) is 3.66. The third-order valence-corrected chi connectivity index (χ3v) is 8.48. The molecule has 0 radical (unpaired) electrons. The van der Waals surface area contributed by atoms with E-state index in [1.165, 1.54) is 12.0 Å². The van der Waals surface area contributed by atoms with Crippen LogP contribution in [0, 0.1) is 11.3 Å². The molecule has 6 rings (SSSR count). The largest absolute Gasteiger partial charge is 0.462 e. The number of piperazine rings is 1. The van der Waals surface area contributed by atoms with Crippen molar-refractivity contribution < 1.29 is 4.74 Å². The number of halogens is 1. The fraction of sp³-hybridized carbons (Fsp3) is 0.483. The van der Waals surface area contributed by atoms with Crippen LogP contribution in [0.4, 0.5) is 11.5 Å². The predicted molar refractivity (Wildman–Crippen MR) is 151 cm³/mol. The number of benzene rings is 2. The average Bonchev–Trinajstić information content (AvgIpc) is 3.35. The Hall–Kier alpha value is -3.12. The van der Waals surface area contributed by atoms with Gasteiger partial charge >= 0.3 is 6.01 Å². The third-order valence-electron chi connectivity index (χ3n) is 8.16. The molecule has 2 fully saturated rings. The number of fused-ring (bicyclic) bond motifs is 2. The number of likely N-dealkylation sites (tertiary alicyclic amines) is 1. The zero-order valence-corrected chi connectivity index (χ0v) is 22.6. The molecule has 38 heavy (non-hydrogen) atoms. The number of ether oxygens (including phenoxy) is 1. The van der Waals surface area contributed by atoms with Crippen molar-refractivity contribution in [2.45, 2.75) is 44.3 Å². The summed E-state index contributed by atoms with van der Waals surface area (Å²) in [6.45, 7) is 5.65. The van der Waals surface area contributed by atoms with Crippen LogP contribution in [0.5, 0.6) is 6.01 Å². The van der Waals surface area contributed by atoms with Crippen LogP contribution in [0.1, 0.15) is 30.5 Å². The Kier molecular flexibility index (Phi) is 7.24. The smallest absolute Gasteiger partial charge is 0.318 e. The van der Waals surface area contributed by atoms with Gasteiger partial charge in [-0.1, -0.05) is 35.9 Å². The first kappa shape index (κ1) is 25.2. The highest BCUT2D eigenvalue weighted by Crippen LogP contribution is 2.37. The van der Waals surface area contributed by atoms with Gasteiger partial charge in [-0.2, -0.15) is 15.2 Å². The number of hydrogen-bond donors (Lipinski definition) is 1. The van der Waals surface area contributed by atoms with E-state index in [0.717, 1.165) is 78.6 Å². The Morgan fingerprint density at radius 1 is 1.13 bits per heavy atom. The van der Waals surface area contributed by atoms with E-state index in [4.69, 9.17) is 26.3 Å². The fourth-order valence-electron chi connectivity index (χ4n) is 6.09. The van der Waals surface area contributed by atoms with Gasteiger partial charge in [-0.25, -0.2) is 0 Å². The van der Waals surface area contributed by atoms with Crippen molar-refractivity contribution in [3.8, 4) is 12.1 Å². The van der Waals surface area contributed by atoms with E-state index >= 15 is 0 Å². The summed E-state index contributed by atoms with van der Waals surface area (Å²) < 4.78 is 6.26. The second-order valence-corrected chi connectivity index (χ2v) is 11.0. The molecule has 9 heteroatoms. The van der Waals surface area contributed by atoms with Gasteiger partial charge in [0.2, 0.25) is 0 Å². The van der Waals surface area contributed by atoms with E-state index in [0.29, 0.717) is 31.6 Å². The predicted octanol–water partition coefficient (Wildman–Crippen LogP) is 4.01. The molecule has 0 saturated carbocycles. The van der Waals surface area contributed by atoms with Crippen molar-refractivity contribution in [2.75, 3.05) is 56.2 Å². The molecular weight excluding hydrogens is 498 g/mol. The Morgan fingerprint density at radius 3 is 2.82 bits per heavy atom. The zero-order chi connectivity index (χ0) is 26.1. The zero-order valence-electron chi connectivity index (χ0n) is 21.9. The summed E-state index contributed by atoms with van der Waals surface area (Å²) in [7, 11) is 2.16. The van der Waals surface area contributed by atoms with E-state index in [1.54, 1.807) is 0 Å². The summed E-state index contributed by atoms with van der Waals surface area (Å²) in [6, 6.07) is 15.7. The van der Waals surface area contributed by atoms with Crippen molar-refractivity contribution in [3.63, 3.8) is 0 Å². The standard InChI is InChI=1S/C29H34ClN7O/c1-35-14-4-7-22(35)19-38-29-33-25-18-36(26-9-3-6-20-5-2-8-24(30)27(20)26)15-11-23(25)28(34-29)37-16-13-32-21(17-37)10-12-31/h2-3,5-6,8-9,21-22,32H,4,7,10-11,13-19H2,1H3/t21-,22?/m0/s1. The Morgan fingerprint density at radius 2 is 2.00 bits per heavy atom. The van der Waals surface area contributed by atoms with Gasteiger partial charge in [-0.3, -0.25) is 0 Å². The number of rotatable bonds is 6. The van der Waals surface area contributed by atoms with Crippen LogP contribution in [0.25, 0.3) is 10.8 Å². The third kappa shape index (κ3) is 4.98. The molecule has 1 unspecified atom stereocenters. The average molecular weight is 532 g/mol. The van der Waals surface area contributed by atoms with Crippen LogP contribution in [-0.4, -0.2) is 73.3 Å². The molecule has 1 aromatic heterocycles. The molecule has 3 aliphatic rings. The van der Waals surface area contributed by atoms with Gasteiger partial charge in [0.1, 0.15) is 12.4 Å². The minimum Gasteiger partial charge on any atom is -0.462 e. The molecule has 198 valence electrons. The lowest BCUT2D eigenvalue weighted by Crippen LogP contribution is -2.51. The number of aromatic nitrogens is 2. The maximum atomic E-state index is 9.27. The summed E-state index contributed by atoms with van der Waals surface area (Å²) in [5.41, 5.74) is 3.33. The van der Waals surface area contributed by atoms with E-state index in [9.17, 15) is 5.26 Å². The lowest BCUT2D eigenvalue weighted by atomic mass is 10.0. The SMILES string of the molecule is CN1CCCC1COc1nc2c(c(N3CCN[C@@H](CC#N)C3)n1)CCN(c1cccc3cccc(Cl)c13)C2. The van der Waals surface area contributed by atoms with Crippen molar-refractivity contribution in [2.24, 2.45) is 0 Å². The van der Waals surface area contributed by atoms with Crippen LogP contribution in [-0.2, 0) is 13.0 Å². The molecule has 0 amide bonds. The van der Waals surface area contributed by atoms with E-state index in [2.05, 4.69) is 57.4 Å². The highest BCUT2D eigenvalue weighted by molar-refractivity contribution is 6.36. The van der Waals surface area contributed by atoms with Crippen LogP contribution < -0.4 is 19.9 Å². The molecular formula is C29H34ClN7O. The van der Waals surface area contributed by atoms with Gasteiger partial charge in [-0.05, 0) is 50.4 Å². The maximum absolute atomic E-state index is 9.27. The number of anilines is 2. The first-order valence-electron chi connectivity index (χ1n) is 13.6. The summed E-state index contributed by atoms with van der Waals surface area (Å²) in [5, 5.41) is 15.7. The Bertz CT molecular complexity index is 1350. The minimum absolute atomic E-state index is 0.133. The molecule has 8 nitrogen and oxygen atoms in total. The highest BCUT2D eigenvalue weighted by atomic mass is 35.5. The van der Waals surface area contributed by atoms with Gasteiger partial charge in [0.25, 0.3) is 0 Å². The fourth-order valence-corrected chi connectivity index (χ4v) is 6.36. The molecule has 3 aromatic rings. The van der Waals surface area contributed by atoms with Crippen LogP contribution in [0.3, 0.4) is 0 Å². The van der Waals surface area contributed by atoms with Crippen LogP contribution in [0.2, 0.25) is 5.02 Å². The number of nitrogens with one attached hydrogen (secondary N) is 1. The van der Waals surface area contributed by atoms with E-state index in [1.807, 2.05) is 12.1 Å². The van der Waals surface area contributed by atoms with Gasteiger partial charge in [0.15, 0.2) is 0 Å². The number of hydrogen-bond acceptors (Lipinski definition) is 8. The number of nitrogens with zero attached hydrogens (tertiary/aromatic N) is 6. The minimum atomic E-state index is 0.133. The van der Waals surface area contributed by atoms with Crippen LogP contribution in [0.15, 0.2) is 36.4 Å². The monoisotopic (exact) mass is 531 g/mol. The van der Waals surface area contributed by atoms with Gasteiger partial charge in [0.05, 0.1) is 29.8 Å². The van der Waals surface area contributed by atoms with Crippen molar-refractivity contribution in [1.29, 1.82) is 5.26 Å². The number of nitriles is 1. The molecule has 0 bridgehead atoms. The summed E-state index contributed by atoms with van der Waals surface area (Å²) >= 11 is 6.68. The highest BCUT2D eigenvalue weighted by Gasteiger charge is 2.30. The first-order chi connectivity index (χ1) is 18.6. The quantitative estimate of drug-likeness (QED) is 0.511. The van der Waals surface area contributed by atoms with Crippen molar-refractivity contribution in [1.82, 2.24) is 20.2 Å². The first-order valence-corrected chi connectivity index (χ1v) is 14.0. The van der Waals surface area contributed by atoms with Gasteiger partial charge < -0.3 is 24.8 Å². The second kappa shape index (κ2) is 10.9. The normalized spacial score (nSPS) is 21.9. The van der Waals surface area contributed by atoms with Gasteiger partial charge in [-0.15, -0.1) is 0 Å². The van der Waals surface area contributed by atoms with E-state index in [-0.39, 0.29) is 6.04 Å². The Balaban J connectivity index is 1.34. The molecule has 0 spiro atoms. The lowest BCUT2D eigenvalue weighted by molar-refractivity contribution is 0.187. The topological polar surface area (TPSA) is 80.5 Å². The van der Waals surface area contributed by atoms with Crippen molar-refractivity contribution >= 4 is 33.9 Å². The number of likely N-dealkylation sites (N-methyl/N-ethyl adjacent to an activating group) is 1. The van der Waals surface area contributed by atoms with Gasteiger partial charge in [0, 0.05) is 54.9 Å².